The van der Waals surface area contributed by atoms with Crippen molar-refractivity contribution >= 4 is 32.9 Å². The molecule has 0 spiro atoms. The maximum Gasteiger partial charge on any atom is 0.134 e. The standard InChI is InChI=1S/C18H14BrNO2/c19-17-10-13(11-20-21)6-8-18(17)22-12-14-5-7-15-3-1-2-4-16(15)9-14/h1-11,21H,12H2. The molecule has 0 aromatic heterocycles. The molecule has 0 unspecified atom stereocenters. The summed E-state index contributed by atoms with van der Waals surface area (Å²) in [5, 5.41) is 14.0. The van der Waals surface area contributed by atoms with Crippen molar-refractivity contribution in [1.29, 1.82) is 0 Å². The van der Waals surface area contributed by atoms with Crippen LogP contribution < -0.4 is 4.74 Å². The van der Waals surface area contributed by atoms with Crippen LogP contribution in [0.4, 0.5) is 0 Å². The van der Waals surface area contributed by atoms with Gasteiger partial charge in [-0.05, 0) is 62.1 Å². The van der Waals surface area contributed by atoms with Crippen LogP contribution in [0.2, 0.25) is 0 Å². The minimum atomic E-state index is 0.497. The zero-order valence-corrected chi connectivity index (χ0v) is 13.3. The number of hydrogen-bond acceptors (Lipinski definition) is 3. The number of rotatable bonds is 4. The Labute approximate surface area is 137 Å². The van der Waals surface area contributed by atoms with Crippen LogP contribution in [0.25, 0.3) is 10.8 Å². The van der Waals surface area contributed by atoms with E-state index in [9.17, 15) is 0 Å². The molecule has 0 amide bonds. The summed E-state index contributed by atoms with van der Waals surface area (Å²) in [7, 11) is 0. The lowest BCUT2D eigenvalue weighted by Gasteiger charge is -2.09. The van der Waals surface area contributed by atoms with Gasteiger partial charge in [-0.15, -0.1) is 0 Å². The second-order valence-electron chi connectivity index (χ2n) is 4.90. The Morgan fingerprint density at radius 3 is 2.59 bits per heavy atom. The summed E-state index contributed by atoms with van der Waals surface area (Å²) in [6.07, 6.45) is 1.37. The molecule has 3 aromatic rings. The summed E-state index contributed by atoms with van der Waals surface area (Å²) in [4.78, 5) is 0. The van der Waals surface area contributed by atoms with Crippen LogP contribution in [0, 0.1) is 0 Å². The third-order valence-corrected chi connectivity index (χ3v) is 3.99. The molecule has 0 radical (unpaired) electrons. The van der Waals surface area contributed by atoms with E-state index < -0.39 is 0 Å². The SMILES string of the molecule is ON=Cc1ccc(OCc2ccc3ccccc3c2)c(Br)c1. The van der Waals surface area contributed by atoms with Crippen molar-refractivity contribution in [2.24, 2.45) is 5.16 Å². The first-order chi connectivity index (χ1) is 10.8. The molecular weight excluding hydrogens is 342 g/mol. The van der Waals surface area contributed by atoms with E-state index >= 15 is 0 Å². The Hall–Kier alpha value is -2.33. The summed E-state index contributed by atoms with van der Waals surface area (Å²) < 4.78 is 6.68. The fourth-order valence-electron chi connectivity index (χ4n) is 2.27. The normalized spacial score (nSPS) is 11.1. The van der Waals surface area contributed by atoms with Crippen molar-refractivity contribution in [3.05, 3.63) is 76.3 Å². The van der Waals surface area contributed by atoms with Crippen LogP contribution in [0.3, 0.4) is 0 Å². The molecule has 3 aromatic carbocycles. The van der Waals surface area contributed by atoms with Gasteiger partial charge in [0.2, 0.25) is 0 Å². The Morgan fingerprint density at radius 1 is 1.00 bits per heavy atom. The topological polar surface area (TPSA) is 41.8 Å². The first-order valence-corrected chi connectivity index (χ1v) is 7.63. The fourth-order valence-corrected chi connectivity index (χ4v) is 2.78. The fraction of sp³-hybridized carbons (Fsp3) is 0.0556. The van der Waals surface area contributed by atoms with Crippen LogP contribution in [0.1, 0.15) is 11.1 Å². The predicted octanol–water partition coefficient (Wildman–Crippen LogP) is 4.99. The van der Waals surface area contributed by atoms with E-state index in [0.717, 1.165) is 21.3 Å². The molecule has 3 nitrogen and oxygen atoms in total. The summed E-state index contributed by atoms with van der Waals surface area (Å²) in [5.41, 5.74) is 1.92. The van der Waals surface area contributed by atoms with Gasteiger partial charge < -0.3 is 9.94 Å². The van der Waals surface area contributed by atoms with Gasteiger partial charge in [-0.25, -0.2) is 0 Å². The lowest BCUT2D eigenvalue weighted by molar-refractivity contribution is 0.304. The van der Waals surface area contributed by atoms with Gasteiger partial charge in [0, 0.05) is 0 Å². The molecule has 0 aliphatic heterocycles. The smallest absolute Gasteiger partial charge is 0.134 e. The van der Waals surface area contributed by atoms with E-state index in [0.29, 0.717) is 6.61 Å². The van der Waals surface area contributed by atoms with Gasteiger partial charge in [-0.1, -0.05) is 41.6 Å². The number of ether oxygens (including phenoxy) is 1. The Kier molecular flexibility index (Phi) is 4.39. The zero-order valence-electron chi connectivity index (χ0n) is 11.7. The average Bonchev–Trinajstić information content (AvgIpc) is 2.54. The maximum atomic E-state index is 8.54. The van der Waals surface area contributed by atoms with Gasteiger partial charge in [0.05, 0.1) is 10.7 Å². The largest absolute Gasteiger partial charge is 0.488 e. The van der Waals surface area contributed by atoms with E-state index in [1.165, 1.54) is 17.0 Å². The predicted molar refractivity (Wildman–Crippen MR) is 91.8 cm³/mol. The summed E-state index contributed by atoms with van der Waals surface area (Å²) in [6.45, 7) is 0.497. The Balaban J connectivity index is 1.76. The summed E-state index contributed by atoms with van der Waals surface area (Å²) >= 11 is 3.46. The highest BCUT2D eigenvalue weighted by Gasteiger charge is 2.03. The highest BCUT2D eigenvalue weighted by Crippen LogP contribution is 2.26. The van der Waals surface area contributed by atoms with Crippen LogP contribution in [-0.4, -0.2) is 11.4 Å². The van der Waals surface area contributed by atoms with Crippen LogP contribution in [0.5, 0.6) is 5.75 Å². The molecule has 0 heterocycles. The number of oxime groups is 1. The molecule has 0 saturated carbocycles. The quantitative estimate of drug-likeness (QED) is 0.407. The molecular formula is C18H14BrNO2. The number of benzene rings is 3. The molecule has 4 heteroatoms. The van der Waals surface area contributed by atoms with E-state index in [-0.39, 0.29) is 0 Å². The lowest BCUT2D eigenvalue weighted by atomic mass is 10.1. The highest BCUT2D eigenvalue weighted by molar-refractivity contribution is 9.10. The number of nitrogens with zero attached hydrogens (tertiary/aromatic N) is 1. The molecule has 0 aliphatic carbocycles. The third-order valence-electron chi connectivity index (χ3n) is 3.37. The van der Waals surface area contributed by atoms with Gasteiger partial charge in [0.1, 0.15) is 12.4 Å². The monoisotopic (exact) mass is 355 g/mol. The van der Waals surface area contributed by atoms with Gasteiger partial charge in [0.25, 0.3) is 0 Å². The van der Waals surface area contributed by atoms with Crippen molar-refractivity contribution in [2.45, 2.75) is 6.61 Å². The first-order valence-electron chi connectivity index (χ1n) is 6.84. The van der Waals surface area contributed by atoms with Gasteiger partial charge in [-0.3, -0.25) is 0 Å². The maximum absolute atomic E-state index is 8.54. The van der Waals surface area contributed by atoms with Crippen molar-refractivity contribution in [2.75, 3.05) is 0 Å². The van der Waals surface area contributed by atoms with E-state index in [1.54, 1.807) is 0 Å². The molecule has 0 fully saturated rings. The van der Waals surface area contributed by atoms with Crippen molar-refractivity contribution in [3.63, 3.8) is 0 Å². The molecule has 0 bridgehead atoms. The molecule has 0 atom stereocenters. The minimum Gasteiger partial charge on any atom is -0.488 e. The second-order valence-corrected chi connectivity index (χ2v) is 5.76. The first kappa shape index (κ1) is 14.6. The van der Waals surface area contributed by atoms with Gasteiger partial charge in [0.15, 0.2) is 0 Å². The number of hydrogen-bond donors (Lipinski definition) is 1. The molecule has 1 N–H and O–H groups in total. The van der Waals surface area contributed by atoms with Crippen LogP contribution >= 0.6 is 15.9 Å². The van der Waals surface area contributed by atoms with Crippen molar-refractivity contribution in [3.8, 4) is 5.75 Å². The average molecular weight is 356 g/mol. The van der Waals surface area contributed by atoms with Crippen molar-refractivity contribution < 1.29 is 9.94 Å². The van der Waals surface area contributed by atoms with E-state index in [4.69, 9.17) is 9.94 Å². The summed E-state index contributed by atoms with van der Waals surface area (Å²) in [5.74, 6) is 0.753. The van der Waals surface area contributed by atoms with E-state index in [1.807, 2.05) is 30.3 Å². The van der Waals surface area contributed by atoms with Crippen LogP contribution in [0.15, 0.2) is 70.3 Å². The second kappa shape index (κ2) is 6.62. The zero-order chi connectivity index (χ0) is 15.4. The van der Waals surface area contributed by atoms with Gasteiger partial charge >= 0.3 is 0 Å². The molecule has 0 aliphatic rings. The van der Waals surface area contributed by atoms with Gasteiger partial charge in [-0.2, -0.15) is 0 Å². The third kappa shape index (κ3) is 3.28. The number of fused-ring (bicyclic) bond motifs is 1. The molecule has 3 rings (SSSR count). The Bertz CT molecular complexity index is 830. The van der Waals surface area contributed by atoms with E-state index in [2.05, 4.69) is 51.4 Å². The highest BCUT2D eigenvalue weighted by atomic mass is 79.9. The summed E-state index contributed by atoms with van der Waals surface area (Å²) in [6, 6.07) is 20.1. The minimum absolute atomic E-state index is 0.497. The molecule has 0 saturated heterocycles. The lowest BCUT2D eigenvalue weighted by Crippen LogP contribution is -1.96. The van der Waals surface area contributed by atoms with Crippen LogP contribution in [-0.2, 0) is 6.61 Å². The molecule has 110 valence electrons. The Morgan fingerprint density at radius 2 is 1.82 bits per heavy atom. The van der Waals surface area contributed by atoms with Crippen molar-refractivity contribution in [1.82, 2.24) is 0 Å². The molecule has 22 heavy (non-hydrogen) atoms. The number of halogens is 1.